The van der Waals surface area contributed by atoms with Gasteiger partial charge in [-0.2, -0.15) is 0 Å². The van der Waals surface area contributed by atoms with Crippen LogP contribution in [0.5, 0.6) is 0 Å². The second kappa shape index (κ2) is 7.64. The van der Waals surface area contributed by atoms with Crippen LogP contribution in [0.1, 0.15) is 35.8 Å². The molecule has 3 fully saturated rings. The summed E-state index contributed by atoms with van der Waals surface area (Å²) in [7, 11) is 0. The number of hydrogen-bond donors (Lipinski definition) is 3. The molecule has 2 unspecified atom stereocenters. The molecule has 1 heterocycles. The van der Waals surface area contributed by atoms with E-state index < -0.39 is 0 Å². The average molecular weight is 389 g/mol. The Labute approximate surface area is 171 Å². The van der Waals surface area contributed by atoms with Crippen LogP contribution in [-0.4, -0.2) is 37.0 Å². The van der Waals surface area contributed by atoms with Gasteiger partial charge >= 0.3 is 0 Å². The third kappa shape index (κ3) is 3.92. The summed E-state index contributed by atoms with van der Waals surface area (Å²) in [5.74, 6) is 0.240. The van der Waals surface area contributed by atoms with E-state index in [0.717, 1.165) is 12.8 Å². The number of benzene rings is 2. The van der Waals surface area contributed by atoms with Gasteiger partial charge in [0.2, 0.25) is 11.8 Å². The highest BCUT2D eigenvalue weighted by atomic mass is 16.2. The molecule has 0 bridgehead atoms. The van der Waals surface area contributed by atoms with Gasteiger partial charge in [0, 0.05) is 37.0 Å². The van der Waals surface area contributed by atoms with Gasteiger partial charge in [-0.05, 0) is 24.0 Å². The van der Waals surface area contributed by atoms with E-state index in [-0.39, 0.29) is 35.7 Å². The van der Waals surface area contributed by atoms with Crippen molar-refractivity contribution in [3.05, 3.63) is 71.8 Å². The zero-order chi connectivity index (χ0) is 19.8. The second-order valence-corrected chi connectivity index (χ2v) is 8.61. The minimum Gasteiger partial charge on any atom is -0.352 e. The molecule has 0 radical (unpaired) electrons. The normalized spacial score (nSPS) is 32.4. The highest BCUT2D eigenvalue weighted by Gasteiger charge is 2.46. The lowest BCUT2D eigenvalue weighted by Gasteiger charge is -2.18. The summed E-state index contributed by atoms with van der Waals surface area (Å²) in [4.78, 5) is 25.7. The number of rotatable bonds is 6. The molecule has 5 heteroatoms. The second-order valence-electron chi connectivity index (χ2n) is 8.61. The first-order valence-corrected chi connectivity index (χ1v) is 10.6. The summed E-state index contributed by atoms with van der Waals surface area (Å²) >= 11 is 0. The Morgan fingerprint density at radius 3 is 1.52 bits per heavy atom. The van der Waals surface area contributed by atoms with Gasteiger partial charge in [0.05, 0.1) is 11.8 Å². The molecule has 2 saturated carbocycles. The molecule has 6 atom stereocenters. The molecule has 150 valence electrons. The van der Waals surface area contributed by atoms with Gasteiger partial charge in [0.15, 0.2) is 0 Å². The van der Waals surface area contributed by atoms with Gasteiger partial charge in [-0.15, -0.1) is 0 Å². The zero-order valence-corrected chi connectivity index (χ0v) is 16.4. The van der Waals surface area contributed by atoms with Crippen molar-refractivity contribution in [1.29, 1.82) is 0 Å². The highest BCUT2D eigenvalue weighted by molar-refractivity contribution is 5.89. The Hall–Kier alpha value is -2.66. The van der Waals surface area contributed by atoms with Crippen molar-refractivity contribution in [2.45, 2.75) is 36.8 Å². The van der Waals surface area contributed by atoms with E-state index in [1.165, 1.54) is 11.1 Å². The van der Waals surface area contributed by atoms with Crippen molar-refractivity contribution in [2.75, 3.05) is 13.1 Å². The lowest BCUT2D eigenvalue weighted by Crippen LogP contribution is -2.43. The smallest absolute Gasteiger partial charge is 0.225 e. The predicted octanol–water partition coefficient (Wildman–Crippen LogP) is 2.17. The molecule has 1 saturated heterocycles. The Morgan fingerprint density at radius 1 is 0.690 bits per heavy atom. The molecule has 0 aromatic heterocycles. The Morgan fingerprint density at radius 2 is 1.10 bits per heavy atom. The third-order valence-corrected chi connectivity index (χ3v) is 6.58. The molecule has 0 spiro atoms. The number of carbonyl (C=O) groups excluding carboxylic acids is 2. The highest BCUT2D eigenvalue weighted by Crippen LogP contribution is 2.42. The van der Waals surface area contributed by atoms with E-state index in [2.05, 4.69) is 40.2 Å². The lowest BCUT2D eigenvalue weighted by atomic mass is 9.94. The fraction of sp³-hybridized carbons (Fsp3) is 0.417. The molecule has 2 aromatic carbocycles. The molecular weight excluding hydrogens is 362 g/mol. The summed E-state index contributed by atoms with van der Waals surface area (Å²) < 4.78 is 0. The number of amides is 2. The molecule has 3 aliphatic rings. The largest absolute Gasteiger partial charge is 0.352 e. The van der Waals surface area contributed by atoms with Gasteiger partial charge < -0.3 is 16.0 Å². The van der Waals surface area contributed by atoms with E-state index >= 15 is 0 Å². The summed E-state index contributed by atoms with van der Waals surface area (Å²) in [6, 6.07) is 21.0. The van der Waals surface area contributed by atoms with Crippen LogP contribution in [0.4, 0.5) is 0 Å². The Balaban J connectivity index is 1.14. The van der Waals surface area contributed by atoms with Gasteiger partial charge in [-0.3, -0.25) is 9.59 Å². The van der Waals surface area contributed by atoms with E-state index in [1.807, 2.05) is 36.4 Å². The van der Waals surface area contributed by atoms with Crippen molar-refractivity contribution in [1.82, 2.24) is 16.0 Å². The standard InChI is InChI=1S/C24H27N3O2/c28-23(26-21-11-17(21)15-7-3-1-4-8-15)19-13-25-14-20(19)24(29)27-22-12-18(22)16-9-5-2-6-10-16/h1-10,17-22,25H,11-14H2,(H,26,28)(H,27,29)/t17-,18-,19?,20?,21+,22+/m1/s1. The fourth-order valence-corrected chi connectivity index (χ4v) is 4.66. The fourth-order valence-electron chi connectivity index (χ4n) is 4.66. The predicted molar refractivity (Wildman–Crippen MR) is 111 cm³/mol. The molecule has 2 aromatic rings. The van der Waals surface area contributed by atoms with Gasteiger partial charge in [0.25, 0.3) is 0 Å². The van der Waals surface area contributed by atoms with Crippen LogP contribution in [0.2, 0.25) is 0 Å². The maximum Gasteiger partial charge on any atom is 0.225 e. The summed E-state index contributed by atoms with van der Waals surface area (Å²) in [6.45, 7) is 1.14. The Kier molecular flexibility index (Phi) is 4.84. The average Bonchev–Trinajstić information content (AvgIpc) is 3.65. The number of nitrogens with one attached hydrogen (secondary N) is 3. The van der Waals surface area contributed by atoms with Crippen molar-refractivity contribution in [2.24, 2.45) is 11.8 Å². The topological polar surface area (TPSA) is 70.2 Å². The Bertz CT molecular complexity index is 812. The monoisotopic (exact) mass is 389 g/mol. The van der Waals surface area contributed by atoms with Gasteiger partial charge in [0.1, 0.15) is 0 Å². The first-order valence-electron chi connectivity index (χ1n) is 10.6. The van der Waals surface area contributed by atoms with Crippen molar-refractivity contribution in [3.63, 3.8) is 0 Å². The number of carbonyl (C=O) groups is 2. The maximum atomic E-state index is 12.8. The van der Waals surface area contributed by atoms with Crippen molar-refractivity contribution >= 4 is 11.8 Å². The van der Waals surface area contributed by atoms with Crippen molar-refractivity contribution in [3.8, 4) is 0 Å². The number of hydrogen-bond acceptors (Lipinski definition) is 3. The van der Waals surface area contributed by atoms with Crippen LogP contribution < -0.4 is 16.0 Å². The minimum absolute atomic E-state index is 0.00832. The van der Waals surface area contributed by atoms with Crippen LogP contribution >= 0.6 is 0 Å². The van der Waals surface area contributed by atoms with Crippen LogP contribution in [0.3, 0.4) is 0 Å². The van der Waals surface area contributed by atoms with Gasteiger partial charge in [-0.1, -0.05) is 60.7 Å². The summed E-state index contributed by atoms with van der Waals surface area (Å²) in [5.41, 5.74) is 2.55. The van der Waals surface area contributed by atoms with Crippen molar-refractivity contribution < 1.29 is 9.59 Å². The SMILES string of the molecule is O=C(N[C@H]1C[C@@H]1c1ccccc1)C1CNCC1C(=O)N[C@H]1C[C@@H]1c1ccccc1. The van der Waals surface area contributed by atoms with Crippen LogP contribution in [0.15, 0.2) is 60.7 Å². The van der Waals surface area contributed by atoms with Crippen LogP contribution in [-0.2, 0) is 9.59 Å². The molecule has 2 amide bonds. The van der Waals surface area contributed by atoms with Crippen LogP contribution in [0.25, 0.3) is 0 Å². The lowest BCUT2D eigenvalue weighted by molar-refractivity contribution is -0.133. The van der Waals surface area contributed by atoms with E-state index in [0.29, 0.717) is 24.9 Å². The summed E-state index contributed by atoms with van der Waals surface area (Å²) in [6.07, 6.45) is 1.96. The first-order chi connectivity index (χ1) is 14.2. The van der Waals surface area contributed by atoms with E-state index in [4.69, 9.17) is 0 Å². The molecular formula is C24H27N3O2. The van der Waals surface area contributed by atoms with Crippen LogP contribution in [0, 0.1) is 11.8 Å². The first kappa shape index (κ1) is 18.4. The molecule has 5 nitrogen and oxygen atoms in total. The molecule has 29 heavy (non-hydrogen) atoms. The quantitative estimate of drug-likeness (QED) is 0.709. The molecule has 1 aliphatic heterocycles. The maximum absolute atomic E-state index is 12.8. The molecule has 5 rings (SSSR count). The minimum atomic E-state index is -0.291. The van der Waals surface area contributed by atoms with Gasteiger partial charge in [-0.25, -0.2) is 0 Å². The molecule has 3 N–H and O–H groups in total. The van der Waals surface area contributed by atoms with E-state index in [1.54, 1.807) is 0 Å². The molecule has 2 aliphatic carbocycles. The summed E-state index contributed by atoms with van der Waals surface area (Å²) in [5, 5.41) is 9.58. The zero-order valence-electron chi connectivity index (χ0n) is 16.4. The van der Waals surface area contributed by atoms with E-state index in [9.17, 15) is 9.59 Å². The third-order valence-electron chi connectivity index (χ3n) is 6.58.